The van der Waals surface area contributed by atoms with Crippen LogP contribution in [0.3, 0.4) is 0 Å². The SMILES string of the molecule is CC[C@@H]1C[C@H](N(CCC(F)(F)F)C2COC2)C[C@@H]1c1nnc2cnc3[nH]ccc3n12. The molecule has 7 nitrogen and oxygen atoms in total. The molecule has 2 aliphatic rings. The average molecular weight is 422 g/mol. The first kappa shape index (κ1) is 19.7. The summed E-state index contributed by atoms with van der Waals surface area (Å²) >= 11 is 0. The number of rotatable bonds is 6. The van der Waals surface area contributed by atoms with Crippen LogP contribution in [0.4, 0.5) is 13.2 Å². The van der Waals surface area contributed by atoms with Crippen molar-refractivity contribution >= 4 is 16.8 Å². The zero-order chi connectivity index (χ0) is 20.9. The van der Waals surface area contributed by atoms with E-state index in [-0.39, 0.29) is 24.5 Å². The fourth-order valence-corrected chi connectivity index (χ4v) is 5.11. The van der Waals surface area contributed by atoms with E-state index in [9.17, 15) is 13.2 Å². The van der Waals surface area contributed by atoms with Crippen molar-refractivity contribution in [3.63, 3.8) is 0 Å². The maximum Gasteiger partial charge on any atom is 0.390 e. The first-order chi connectivity index (χ1) is 14.4. The van der Waals surface area contributed by atoms with Crippen LogP contribution in [0, 0.1) is 5.92 Å². The highest BCUT2D eigenvalue weighted by Gasteiger charge is 2.43. The first-order valence-electron chi connectivity index (χ1n) is 10.5. The summed E-state index contributed by atoms with van der Waals surface area (Å²) in [5.74, 6) is 1.37. The molecule has 3 atom stereocenters. The number of halogens is 3. The van der Waals surface area contributed by atoms with Crippen molar-refractivity contribution in [2.45, 2.75) is 56.8 Å². The Kier molecular flexibility index (Phi) is 4.93. The van der Waals surface area contributed by atoms with Crippen molar-refractivity contribution in [2.24, 2.45) is 5.92 Å². The predicted octanol–water partition coefficient (Wildman–Crippen LogP) is 3.53. The maximum absolute atomic E-state index is 12.9. The Morgan fingerprint density at radius 3 is 2.77 bits per heavy atom. The molecule has 0 radical (unpaired) electrons. The van der Waals surface area contributed by atoms with Crippen molar-refractivity contribution in [3.05, 3.63) is 24.3 Å². The van der Waals surface area contributed by atoms with E-state index in [4.69, 9.17) is 4.74 Å². The van der Waals surface area contributed by atoms with Crippen LogP contribution in [-0.2, 0) is 4.74 Å². The number of aromatic amines is 1. The number of ether oxygens (including phenoxy) is 1. The van der Waals surface area contributed by atoms with Gasteiger partial charge < -0.3 is 9.72 Å². The lowest BCUT2D eigenvalue weighted by Crippen LogP contribution is -2.53. The van der Waals surface area contributed by atoms with E-state index in [0.717, 1.165) is 36.3 Å². The Morgan fingerprint density at radius 2 is 2.07 bits per heavy atom. The van der Waals surface area contributed by atoms with E-state index in [1.807, 2.05) is 21.6 Å². The predicted molar refractivity (Wildman–Crippen MR) is 104 cm³/mol. The van der Waals surface area contributed by atoms with Gasteiger partial charge in [0.05, 0.1) is 37.4 Å². The fraction of sp³-hybridized carbons (Fsp3) is 0.650. The highest BCUT2D eigenvalue weighted by atomic mass is 19.4. The first-order valence-corrected chi connectivity index (χ1v) is 10.5. The minimum absolute atomic E-state index is 0.0257. The largest absolute Gasteiger partial charge is 0.390 e. The van der Waals surface area contributed by atoms with Crippen LogP contribution in [0.5, 0.6) is 0 Å². The fourth-order valence-electron chi connectivity index (χ4n) is 5.11. The third kappa shape index (κ3) is 3.45. The van der Waals surface area contributed by atoms with E-state index in [0.29, 0.717) is 24.8 Å². The minimum Gasteiger partial charge on any atom is -0.378 e. The number of hydrogen-bond acceptors (Lipinski definition) is 5. The second-order valence-corrected chi connectivity index (χ2v) is 8.42. The van der Waals surface area contributed by atoms with Crippen LogP contribution in [0.25, 0.3) is 16.8 Å². The number of fused-ring (bicyclic) bond motifs is 3. The van der Waals surface area contributed by atoms with Gasteiger partial charge in [0.25, 0.3) is 0 Å². The Balaban J connectivity index is 1.45. The summed E-state index contributed by atoms with van der Waals surface area (Å²) in [6, 6.07) is 2.12. The number of nitrogens with zero attached hydrogens (tertiary/aromatic N) is 5. The second kappa shape index (κ2) is 7.49. The molecule has 30 heavy (non-hydrogen) atoms. The highest BCUT2D eigenvalue weighted by molar-refractivity contribution is 5.74. The molecule has 10 heteroatoms. The molecule has 0 unspecified atom stereocenters. The van der Waals surface area contributed by atoms with Crippen LogP contribution >= 0.6 is 0 Å². The topological polar surface area (TPSA) is 71.3 Å². The summed E-state index contributed by atoms with van der Waals surface area (Å²) in [5, 5.41) is 8.82. The van der Waals surface area contributed by atoms with Gasteiger partial charge in [-0.3, -0.25) is 9.30 Å². The molecule has 0 amide bonds. The lowest BCUT2D eigenvalue weighted by atomic mass is 9.93. The van der Waals surface area contributed by atoms with Gasteiger partial charge in [0, 0.05) is 24.7 Å². The smallest absolute Gasteiger partial charge is 0.378 e. The van der Waals surface area contributed by atoms with Crippen LogP contribution in [0.15, 0.2) is 18.5 Å². The molecule has 1 aliphatic heterocycles. The summed E-state index contributed by atoms with van der Waals surface area (Å²) < 4.78 is 46.1. The zero-order valence-corrected chi connectivity index (χ0v) is 16.8. The van der Waals surface area contributed by atoms with E-state index in [1.54, 1.807) is 6.20 Å². The van der Waals surface area contributed by atoms with Gasteiger partial charge >= 0.3 is 6.18 Å². The average Bonchev–Trinajstić information content (AvgIpc) is 3.38. The molecule has 0 aromatic carbocycles. The Hall–Kier alpha value is -2.20. The summed E-state index contributed by atoms with van der Waals surface area (Å²) in [4.78, 5) is 9.53. The van der Waals surface area contributed by atoms with Crippen LogP contribution in [0.1, 0.15) is 44.3 Å². The van der Waals surface area contributed by atoms with Gasteiger partial charge in [-0.1, -0.05) is 13.3 Å². The third-order valence-corrected chi connectivity index (χ3v) is 6.70. The van der Waals surface area contributed by atoms with Crippen molar-refractivity contribution in [3.8, 4) is 0 Å². The zero-order valence-electron chi connectivity index (χ0n) is 16.8. The second-order valence-electron chi connectivity index (χ2n) is 8.42. The third-order valence-electron chi connectivity index (χ3n) is 6.70. The molecule has 1 N–H and O–H groups in total. The molecule has 2 fully saturated rings. The molecule has 4 heterocycles. The van der Waals surface area contributed by atoms with E-state index < -0.39 is 12.6 Å². The summed E-state index contributed by atoms with van der Waals surface area (Å²) in [6.07, 6.45) is 1.20. The monoisotopic (exact) mass is 422 g/mol. The summed E-state index contributed by atoms with van der Waals surface area (Å²) in [6.45, 7) is 3.19. The number of nitrogens with one attached hydrogen (secondary N) is 1. The van der Waals surface area contributed by atoms with Crippen molar-refractivity contribution in [2.75, 3.05) is 19.8 Å². The molecule has 0 bridgehead atoms. The van der Waals surface area contributed by atoms with Crippen molar-refractivity contribution in [1.82, 2.24) is 29.5 Å². The molecule has 3 aromatic rings. The molecule has 1 aliphatic carbocycles. The molecular weight excluding hydrogens is 397 g/mol. The van der Waals surface area contributed by atoms with Gasteiger partial charge in [0.15, 0.2) is 11.3 Å². The lowest BCUT2D eigenvalue weighted by Gasteiger charge is -2.41. The van der Waals surface area contributed by atoms with Gasteiger partial charge in [-0.25, -0.2) is 4.98 Å². The van der Waals surface area contributed by atoms with Crippen molar-refractivity contribution in [1.29, 1.82) is 0 Å². The highest BCUT2D eigenvalue weighted by Crippen LogP contribution is 2.44. The van der Waals surface area contributed by atoms with Crippen molar-refractivity contribution < 1.29 is 17.9 Å². The molecule has 1 saturated carbocycles. The van der Waals surface area contributed by atoms with Gasteiger partial charge in [-0.15, -0.1) is 10.2 Å². The van der Waals surface area contributed by atoms with Gasteiger partial charge in [0.1, 0.15) is 5.82 Å². The van der Waals surface area contributed by atoms with E-state index in [1.165, 1.54) is 0 Å². The molecule has 162 valence electrons. The van der Waals surface area contributed by atoms with E-state index in [2.05, 4.69) is 27.1 Å². The Labute approximate surface area is 171 Å². The summed E-state index contributed by atoms with van der Waals surface area (Å²) in [5.41, 5.74) is 2.38. The molecule has 1 saturated heterocycles. The number of aromatic nitrogens is 5. The lowest BCUT2D eigenvalue weighted by molar-refractivity contribution is -0.149. The van der Waals surface area contributed by atoms with Crippen LogP contribution < -0.4 is 0 Å². The van der Waals surface area contributed by atoms with Gasteiger partial charge in [-0.2, -0.15) is 13.2 Å². The normalized spacial score (nSPS) is 25.6. The molecule has 5 rings (SSSR count). The molecule has 0 spiro atoms. The van der Waals surface area contributed by atoms with Gasteiger partial charge in [-0.05, 0) is 24.8 Å². The number of alkyl halides is 3. The van der Waals surface area contributed by atoms with Gasteiger partial charge in [0.2, 0.25) is 0 Å². The Morgan fingerprint density at radius 1 is 1.23 bits per heavy atom. The quantitative estimate of drug-likeness (QED) is 0.658. The van der Waals surface area contributed by atoms with Crippen LogP contribution in [-0.4, -0.2) is 67.5 Å². The number of hydrogen-bond donors (Lipinski definition) is 1. The Bertz CT molecular complexity index is 1030. The van der Waals surface area contributed by atoms with Crippen LogP contribution in [0.2, 0.25) is 0 Å². The number of H-pyrrole nitrogens is 1. The molecule has 3 aromatic heterocycles. The van der Waals surface area contributed by atoms with E-state index >= 15 is 0 Å². The summed E-state index contributed by atoms with van der Waals surface area (Å²) in [7, 11) is 0. The minimum atomic E-state index is -4.15. The standard InChI is InChI=1S/C20H25F3N6O/c1-2-12-7-13(28(14-10-30-11-14)6-4-20(21,22)23)8-15(12)19-27-26-17-9-25-18-16(29(17)19)3-5-24-18/h3,5,9,12-15,24H,2,4,6-8,10-11H2,1H3/t12-,13+,15+/m1/s1. The maximum atomic E-state index is 12.9. The molecular formula is C20H25F3N6O.